The van der Waals surface area contributed by atoms with E-state index in [0.717, 1.165) is 6.42 Å². The van der Waals surface area contributed by atoms with Crippen LogP contribution in [-0.4, -0.2) is 46.0 Å². The van der Waals surface area contributed by atoms with Crippen LogP contribution in [0.4, 0.5) is 5.69 Å². The van der Waals surface area contributed by atoms with E-state index in [1.807, 2.05) is 12.1 Å². The first-order valence-electron chi connectivity index (χ1n) is 7.04. The van der Waals surface area contributed by atoms with E-state index in [1.54, 1.807) is 19.2 Å². The third-order valence-corrected chi connectivity index (χ3v) is 2.73. The summed E-state index contributed by atoms with van der Waals surface area (Å²) in [5, 5.41) is 2.81. The van der Waals surface area contributed by atoms with Crippen LogP contribution in [0.3, 0.4) is 0 Å². The standard InChI is InChI=1S/C15H24N2O4/c1-19-11-12-20-9-4-8-17-15(18)7-10-21-14-6-3-2-5-13(14)16/h2-3,5-6H,4,7-12,16H2,1H3,(H,17,18). The molecule has 1 amide bonds. The molecule has 0 spiro atoms. The molecular formula is C15H24N2O4. The average molecular weight is 296 g/mol. The molecule has 0 aromatic heterocycles. The number of methoxy groups -OCH3 is 1. The molecule has 0 aliphatic carbocycles. The zero-order valence-corrected chi connectivity index (χ0v) is 12.5. The van der Waals surface area contributed by atoms with Crippen molar-refractivity contribution >= 4 is 11.6 Å². The van der Waals surface area contributed by atoms with Crippen LogP contribution in [-0.2, 0) is 14.3 Å². The lowest BCUT2D eigenvalue weighted by Gasteiger charge is -2.09. The second-order valence-corrected chi connectivity index (χ2v) is 4.44. The van der Waals surface area contributed by atoms with E-state index in [4.69, 9.17) is 19.9 Å². The fourth-order valence-electron chi connectivity index (χ4n) is 1.60. The maximum Gasteiger partial charge on any atom is 0.223 e. The van der Waals surface area contributed by atoms with Crippen molar-refractivity contribution in [1.29, 1.82) is 0 Å². The Hall–Kier alpha value is -1.79. The van der Waals surface area contributed by atoms with Crippen molar-refractivity contribution in [3.63, 3.8) is 0 Å². The minimum Gasteiger partial charge on any atom is -0.491 e. The summed E-state index contributed by atoms with van der Waals surface area (Å²) in [5.41, 5.74) is 6.31. The van der Waals surface area contributed by atoms with Crippen molar-refractivity contribution in [3.8, 4) is 5.75 Å². The summed E-state index contributed by atoms with van der Waals surface area (Å²) in [7, 11) is 1.63. The molecule has 0 radical (unpaired) electrons. The van der Waals surface area contributed by atoms with E-state index in [-0.39, 0.29) is 5.91 Å². The van der Waals surface area contributed by atoms with Gasteiger partial charge in [-0.25, -0.2) is 0 Å². The molecule has 6 heteroatoms. The number of amides is 1. The molecule has 1 aromatic carbocycles. The number of nitrogens with one attached hydrogen (secondary N) is 1. The van der Waals surface area contributed by atoms with Crippen LogP contribution in [0.25, 0.3) is 0 Å². The van der Waals surface area contributed by atoms with E-state index in [0.29, 0.717) is 50.8 Å². The predicted octanol–water partition coefficient (Wildman–Crippen LogP) is 1.21. The molecule has 6 nitrogen and oxygen atoms in total. The van der Waals surface area contributed by atoms with Gasteiger partial charge in [-0.2, -0.15) is 0 Å². The minimum absolute atomic E-state index is 0.0404. The summed E-state index contributed by atoms with van der Waals surface area (Å²) in [5.74, 6) is 0.568. The van der Waals surface area contributed by atoms with Crippen molar-refractivity contribution in [3.05, 3.63) is 24.3 Å². The van der Waals surface area contributed by atoms with Crippen molar-refractivity contribution in [2.45, 2.75) is 12.8 Å². The monoisotopic (exact) mass is 296 g/mol. The molecule has 0 heterocycles. The molecule has 1 rings (SSSR count). The van der Waals surface area contributed by atoms with Crippen LogP contribution in [0.1, 0.15) is 12.8 Å². The third kappa shape index (κ3) is 8.16. The molecule has 0 aliphatic rings. The first-order chi connectivity index (χ1) is 10.2. The molecule has 1 aromatic rings. The summed E-state index contributed by atoms with van der Waals surface area (Å²) in [6.45, 7) is 2.69. The summed E-state index contributed by atoms with van der Waals surface area (Å²) >= 11 is 0. The first-order valence-corrected chi connectivity index (χ1v) is 7.04. The largest absolute Gasteiger partial charge is 0.491 e. The highest BCUT2D eigenvalue weighted by atomic mass is 16.5. The van der Waals surface area contributed by atoms with Gasteiger partial charge in [0, 0.05) is 20.3 Å². The fourth-order valence-corrected chi connectivity index (χ4v) is 1.60. The quantitative estimate of drug-likeness (QED) is 0.474. The normalized spacial score (nSPS) is 10.3. The molecule has 0 fully saturated rings. The number of carbonyl (C=O) groups is 1. The van der Waals surface area contributed by atoms with Gasteiger partial charge in [0.2, 0.25) is 5.91 Å². The first kappa shape index (κ1) is 17.3. The van der Waals surface area contributed by atoms with E-state index >= 15 is 0 Å². The lowest BCUT2D eigenvalue weighted by Crippen LogP contribution is -2.26. The van der Waals surface area contributed by atoms with Gasteiger partial charge in [0.15, 0.2) is 0 Å². The Morgan fingerprint density at radius 3 is 2.76 bits per heavy atom. The number of ether oxygens (including phenoxy) is 3. The number of hydrogen-bond acceptors (Lipinski definition) is 5. The van der Waals surface area contributed by atoms with Crippen LogP contribution in [0, 0.1) is 0 Å². The number of benzene rings is 1. The lowest BCUT2D eigenvalue weighted by molar-refractivity contribution is -0.121. The number of rotatable bonds is 11. The van der Waals surface area contributed by atoms with Gasteiger partial charge in [-0.3, -0.25) is 4.79 Å². The van der Waals surface area contributed by atoms with Crippen molar-refractivity contribution in [1.82, 2.24) is 5.32 Å². The Bertz CT molecular complexity index is 412. The molecule has 0 unspecified atom stereocenters. The second-order valence-electron chi connectivity index (χ2n) is 4.44. The number of anilines is 1. The molecule has 0 atom stereocenters. The van der Waals surface area contributed by atoms with Crippen LogP contribution in [0.15, 0.2) is 24.3 Å². The highest BCUT2D eigenvalue weighted by Gasteiger charge is 2.03. The molecule has 0 aliphatic heterocycles. The topological polar surface area (TPSA) is 82.8 Å². The number of hydrogen-bond donors (Lipinski definition) is 2. The summed E-state index contributed by atoms with van der Waals surface area (Å²) in [6, 6.07) is 7.22. The van der Waals surface area contributed by atoms with Gasteiger partial charge in [0.25, 0.3) is 0 Å². The Morgan fingerprint density at radius 1 is 1.19 bits per heavy atom. The highest BCUT2D eigenvalue weighted by Crippen LogP contribution is 2.19. The number of carbonyl (C=O) groups excluding carboxylic acids is 1. The van der Waals surface area contributed by atoms with Crippen molar-refractivity contribution in [2.24, 2.45) is 0 Å². The molecule has 0 saturated heterocycles. The Labute approximate surface area is 125 Å². The van der Waals surface area contributed by atoms with Gasteiger partial charge < -0.3 is 25.3 Å². The van der Waals surface area contributed by atoms with E-state index < -0.39 is 0 Å². The Morgan fingerprint density at radius 2 is 2.00 bits per heavy atom. The number of para-hydroxylation sites is 2. The van der Waals surface area contributed by atoms with E-state index in [9.17, 15) is 4.79 Å². The molecular weight excluding hydrogens is 272 g/mol. The molecule has 3 N–H and O–H groups in total. The summed E-state index contributed by atoms with van der Waals surface area (Å²) < 4.78 is 15.6. The zero-order valence-electron chi connectivity index (χ0n) is 12.5. The van der Waals surface area contributed by atoms with Crippen molar-refractivity contribution in [2.75, 3.05) is 45.8 Å². The molecule has 0 bridgehead atoms. The SMILES string of the molecule is COCCOCCCNC(=O)CCOc1ccccc1N. The minimum atomic E-state index is -0.0404. The Balaban J connectivity index is 2.00. The van der Waals surface area contributed by atoms with Gasteiger partial charge in [0.05, 0.1) is 31.9 Å². The van der Waals surface area contributed by atoms with Crippen molar-refractivity contribution < 1.29 is 19.0 Å². The third-order valence-electron chi connectivity index (χ3n) is 2.73. The van der Waals surface area contributed by atoms with Gasteiger partial charge in [0.1, 0.15) is 5.75 Å². The second kappa shape index (κ2) is 10.9. The van der Waals surface area contributed by atoms with Crippen LogP contribution < -0.4 is 15.8 Å². The van der Waals surface area contributed by atoms with Gasteiger partial charge in [-0.15, -0.1) is 0 Å². The maximum atomic E-state index is 11.6. The maximum absolute atomic E-state index is 11.6. The number of nitrogens with two attached hydrogens (primary N) is 1. The Kier molecular flexibility index (Phi) is 8.99. The highest BCUT2D eigenvalue weighted by molar-refractivity contribution is 5.75. The predicted molar refractivity (Wildman–Crippen MR) is 81.3 cm³/mol. The average Bonchev–Trinajstić information content (AvgIpc) is 2.48. The number of nitrogen functional groups attached to an aromatic ring is 1. The summed E-state index contributed by atoms with van der Waals surface area (Å²) in [6.07, 6.45) is 1.08. The molecule has 0 saturated carbocycles. The van der Waals surface area contributed by atoms with E-state index in [1.165, 1.54) is 0 Å². The van der Waals surface area contributed by atoms with Crippen LogP contribution in [0.2, 0.25) is 0 Å². The zero-order chi connectivity index (χ0) is 15.3. The molecule has 118 valence electrons. The summed E-state index contributed by atoms with van der Waals surface area (Å²) in [4.78, 5) is 11.6. The van der Waals surface area contributed by atoms with Crippen LogP contribution >= 0.6 is 0 Å². The molecule has 21 heavy (non-hydrogen) atoms. The van der Waals surface area contributed by atoms with Crippen LogP contribution in [0.5, 0.6) is 5.75 Å². The van der Waals surface area contributed by atoms with E-state index in [2.05, 4.69) is 5.32 Å². The lowest BCUT2D eigenvalue weighted by atomic mass is 10.3. The van der Waals surface area contributed by atoms with Gasteiger partial charge in [-0.1, -0.05) is 12.1 Å². The van der Waals surface area contributed by atoms with Gasteiger partial charge in [-0.05, 0) is 18.6 Å². The van der Waals surface area contributed by atoms with Gasteiger partial charge >= 0.3 is 0 Å². The smallest absolute Gasteiger partial charge is 0.223 e. The fraction of sp³-hybridized carbons (Fsp3) is 0.533.